The molecule has 0 radical (unpaired) electrons. The smallest absolute Gasteiger partial charge is 0.404 e. The first-order valence-corrected chi connectivity index (χ1v) is 17.8. The number of fused-ring (bicyclic) bond motifs is 1. The van der Waals surface area contributed by atoms with Gasteiger partial charge in [0, 0.05) is 50.5 Å². The Bertz CT molecular complexity index is 1270. The van der Waals surface area contributed by atoms with Crippen molar-refractivity contribution in [3.05, 3.63) is 0 Å². The van der Waals surface area contributed by atoms with Crippen molar-refractivity contribution in [3.63, 3.8) is 0 Å². The van der Waals surface area contributed by atoms with Crippen LogP contribution in [0.25, 0.3) is 0 Å². The predicted molar refractivity (Wildman–Crippen MR) is 187 cm³/mol. The summed E-state index contributed by atoms with van der Waals surface area (Å²) in [6, 6.07) is -3.54. The van der Waals surface area contributed by atoms with Gasteiger partial charge in [-0.3, -0.25) is 19.2 Å². The number of rotatable bonds is 21. The number of aliphatic imine (C=N–C) groups is 1. The van der Waals surface area contributed by atoms with Crippen molar-refractivity contribution in [3.8, 4) is 0 Å². The zero-order chi connectivity index (χ0) is 39.1. The fraction of sp³-hybridized carbons (Fsp3) is 0.800. The summed E-state index contributed by atoms with van der Waals surface area (Å²) in [4.78, 5) is 65.4. The number of hydrogen-bond donors (Lipinski definition) is 14. The topological polar surface area (TPSA) is 382 Å². The van der Waals surface area contributed by atoms with Gasteiger partial charge in [0.15, 0.2) is 24.5 Å². The molecule has 3 aliphatic heterocycles. The van der Waals surface area contributed by atoms with Gasteiger partial charge in [-0.1, -0.05) is 0 Å². The molecule has 3 rings (SSSR count). The molecule has 2 saturated heterocycles. The van der Waals surface area contributed by atoms with E-state index in [2.05, 4.69) is 36.9 Å². The molecule has 53 heavy (non-hydrogen) atoms. The van der Waals surface area contributed by atoms with Crippen LogP contribution in [-0.2, 0) is 28.7 Å². The number of aliphatic hydroxyl groups excluding tert-OH is 2. The van der Waals surface area contributed by atoms with Crippen molar-refractivity contribution in [2.75, 3.05) is 32.9 Å². The molecule has 0 spiro atoms. The first-order chi connectivity index (χ1) is 25.2. The summed E-state index contributed by atoms with van der Waals surface area (Å²) in [5, 5.41) is 48.3. The average molecular weight is 760 g/mol. The van der Waals surface area contributed by atoms with E-state index in [4.69, 9.17) is 38.1 Å². The lowest BCUT2D eigenvalue weighted by Crippen LogP contribution is -2.70. The van der Waals surface area contributed by atoms with Gasteiger partial charge < -0.3 is 85.5 Å². The zero-order valence-corrected chi connectivity index (χ0v) is 29.7. The number of aliphatic hydroxyl groups is 2. The summed E-state index contributed by atoms with van der Waals surface area (Å²) in [6.07, 6.45) is -4.37. The highest BCUT2D eigenvalue weighted by Gasteiger charge is 2.49. The summed E-state index contributed by atoms with van der Waals surface area (Å²) >= 11 is 0. The van der Waals surface area contributed by atoms with Gasteiger partial charge in [-0.15, -0.1) is 5.06 Å². The van der Waals surface area contributed by atoms with E-state index in [-0.39, 0.29) is 56.3 Å². The molecule has 302 valence electrons. The molecule has 3 aliphatic rings. The summed E-state index contributed by atoms with van der Waals surface area (Å²) < 4.78 is 10.8. The highest BCUT2D eigenvalue weighted by Crippen LogP contribution is 2.24. The maximum Gasteiger partial charge on any atom is 0.404 e. The number of hydrogen-bond acceptors (Lipinski definition) is 18. The third-order valence-corrected chi connectivity index (χ3v) is 8.88. The average Bonchev–Trinajstić information content (AvgIpc) is 3.53. The Morgan fingerprint density at radius 3 is 2.06 bits per heavy atom. The summed E-state index contributed by atoms with van der Waals surface area (Å²) in [5.74, 6) is -1.43. The number of nitrogens with one attached hydrogen (secondary N) is 6. The van der Waals surface area contributed by atoms with Gasteiger partial charge in [0.05, 0.1) is 13.3 Å². The van der Waals surface area contributed by atoms with E-state index in [1.54, 1.807) is 0 Å². The Balaban J connectivity index is 1.42. The highest BCUT2D eigenvalue weighted by atomic mass is 16.6. The molecule has 6 unspecified atom stereocenters. The van der Waals surface area contributed by atoms with E-state index < -0.39 is 79.4 Å². The number of nitrogens with two attached hydrogens (primary N) is 5. The SMILES string of the molecule is NCCCC(N)CC(=O)NCCCC(N)CC(=O)NCCCC(N)CC(=O)NC1[C@H](NC2=NC3C(N2)C(=O)NCN3O)O[C@H](CO)[C@H](OC(N)=O)[C@H]1O. The molecule has 0 aliphatic carbocycles. The van der Waals surface area contributed by atoms with Crippen molar-refractivity contribution in [2.24, 2.45) is 33.7 Å². The van der Waals surface area contributed by atoms with Gasteiger partial charge >= 0.3 is 6.09 Å². The Kier molecular flexibility index (Phi) is 17.8. The van der Waals surface area contributed by atoms with Crippen molar-refractivity contribution >= 4 is 35.7 Å². The Morgan fingerprint density at radius 1 is 0.962 bits per heavy atom. The lowest BCUT2D eigenvalue weighted by atomic mass is 9.95. The van der Waals surface area contributed by atoms with Gasteiger partial charge in [-0.2, -0.15) is 0 Å². The quantitative estimate of drug-likeness (QED) is 0.0484. The van der Waals surface area contributed by atoms with Crippen molar-refractivity contribution in [1.29, 1.82) is 0 Å². The monoisotopic (exact) mass is 759 g/mol. The standard InChI is InChI=1S/C30H57N13O10/c31-7-1-4-15(32)10-19(45)36-8-2-5-16(33)11-20(46)37-9-3-6-17(34)12-21(47)39-22-24(48)25(53-29(35)50)18(13-44)52-28(22)42-30-40-23-26(41-30)43(51)14-38-27(23)49/h15-18,22-26,28,44,48,51H,1-14,31-34H2,(H2,35,50)(H,36,45)(H,37,46)(H,38,49)(H,39,47)(H2,40,41,42)/t15?,16?,17?,18-,22?,23?,24+,25+,26?,28-/m1/s1. The minimum absolute atomic E-state index is 0.0161. The van der Waals surface area contributed by atoms with E-state index in [9.17, 15) is 39.4 Å². The van der Waals surface area contributed by atoms with Gasteiger partial charge in [-0.05, 0) is 45.1 Å². The molecular formula is C30H57N13O10. The molecule has 0 bridgehead atoms. The number of guanidine groups is 1. The van der Waals surface area contributed by atoms with Crippen LogP contribution in [0.3, 0.4) is 0 Å². The van der Waals surface area contributed by atoms with Gasteiger partial charge in [0.1, 0.15) is 24.3 Å². The summed E-state index contributed by atoms with van der Waals surface area (Å²) in [5.41, 5.74) is 28.8. The molecule has 0 saturated carbocycles. The number of primary amides is 1. The van der Waals surface area contributed by atoms with E-state index in [1.807, 2.05) is 0 Å². The molecular weight excluding hydrogens is 702 g/mol. The molecule has 23 heteroatoms. The largest absolute Gasteiger partial charge is 0.441 e. The Morgan fingerprint density at radius 2 is 1.53 bits per heavy atom. The van der Waals surface area contributed by atoms with Crippen LogP contribution in [0.2, 0.25) is 0 Å². The summed E-state index contributed by atoms with van der Waals surface area (Å²) in [6.45, 7) is 0.378. The minimum Gasteiger partial charge on any atom is -0.441 e. The van der Waals surface area contributed by atoms with E-state index >= 15 is 0 Å². The van der Waals surface area contributed by atoms with Crippen LogP contribution >= 0.6 is 0 Å². The van der Waals surface area contributed by atoms with Crippen molar-refractivity contribution < 1.29 is 48.9 Å². The molecule has 10 atom stereocenters. The molecule has 0 aromatic carbocycles. The fourth-order valence-corrected chi connectivity index (χ4v) is 6.12. The Hall–Kier alpha value is -3.94. The second-order valence-electron chi connectivity index (χ2n) is 13.4. The number of hydroxylamine groups is 2. The first-order valence-electron chi connectivity index (χ1n) is 17.8. The van der Waals surface area contributed by atoms with Crippen LogP contribution in [0, 0.1) is 0 Å². The Labute approximate surface area is 306 Å². The number of ether oxygens (including phenoxy) is 2. The second-order valence-corrected chi connectivity index (χ2v) is 13.4. The van der Waals surface area contributed by atoms with Crippen LogP contribution < -0.4 is 60.6 Å². The third kappa shape index (κ3) is 14.1. The molecule has 23 nitrogen and oxygen atoms in total. The molecule has 5 amide bonds. The maximum absolute atomic E-state index is 13.1. The van der Waals surface area contributed by atoms with Gasteiger partial charge in [-0.25, -0.2) is 9.79 Å². The maximum atomic E-state index is 13.1. The van der Waals surface area contributed by atoms with Crippen LogP contribution in [0.15, 0.2) is 4.99 Å². The first kappa shape index (κ1) is 43.5. The zero-order valence-electron chi connectivity index (χ0n) is 29.7. The summed E-state index contributed by atoms with van der Waals surface area (Å²) in [7, 11) is 0. The molecule has 0 aromatic heterocycles. The number of carbonyl (C=O) groups is 5. The lowest BCUT2D eigenvalue weighted by Gasteiger charge is -2.44. The van der Waals surface area contributed by atoms with E-state index in [0.29, 0.717) is 45.2 Å². The van der Waals surface area contributed by atoms with Crippen LogP contribution in [-0.4, -0.2) is 150 Å². The van der Waals surface area contributed by atoms with Crippen LogP contribution in [0.5, 0.6) is 0 Å². The number of amides is 5. The normalized spacial score (nSPS) is 27.2. The van der Waals surface area contributed by atoms with Gasteiger partial charge in [0.25, 0.3) is 0 Å². The van der Waals surface area contributed by atoms with Gasteiger partial charge in [0.2, 0.25) is 23.6 Å². The van der Waals surface area contributed by atoms with E-state index in [1.165, 1.54) is 0 Å². The third-order valence-electron chi connectivity index (χ3n) is 8.88. The molecule has 0 aromatic rings. The van der Waals surface area contributed by atoms with Crippen LogP contribution in [0.1, 0.15) is 57.8 Å². The predicted octanol–water partition coefficient (Wildman–Crippen LogP) is -6.28. The number of carbonyl (C=O) groups excluding carboxylic acids is 5. The van der Waals surface area contributed by atoms with Crippen molar-refractivity contribution in [2.45, 2.75) is 119 Å². The van der Waals surface area contributed by atoms with Crippen molar-refractivity contribution in [1.82, 2.24) is 37.0 Å². The minimum atomic E-state index is -1.64. The van der Waals surface area contributed by atoms with Crippen LogP contribution in [0.4, 0.5) is 4.79 Å². The highest BCUT2D eigenvalue weighted by molar-refractivity contribution is 5.93. The fourth-order valence-electron chi connectivity index (χ4n) is 6.12. The molecule has 2 fully saturated rings. The lowest BCUT2D eigenvalue weighted by molar-refractivity contribution is -0.198. The molecule has 3 heterocycles. The second kappa shape index (κ2) is 21.7. The van der Waals surface area contributed by atoms with E-state index in [0.717, 1.165) is 11.5 Å². The molecule has 19 N–H and O–H groups in total. The number of nitrogens with zero attached hydrogens (tertiary/aromatic N) is 2.